The zero-order valence-corrected chi connectivity index (χ0v) is 14.1. The van der Waals surface area contributed by atoms with Crippen molar-refractivity contribution >= 4 is 17.4 Å². The van der Waals surface area contributed by atoms with E-state index in [2.05, 4.69) is 55.0 Å². The first-order valence-corrected chi connectivity index (χ1v) is 8.80. The maximum atomic E-state index is 9.64. The zero-order valence-electron chi connectivity index (χ0n) is 13.3. The van der Waals surface area contributed by atoms with Gasteiger partial charge in [-0.3, -0.25) is 0 Å². The van der Waals surface area contributed by atoms with Crippen molar-refractivity contribution in [2.45, 2.75) is 37.6 Å². The Balaban J connectivity index is 2.39. The highest BCUT2D eigenvalue weighted by Crippen LogP contribution is 2.32. The fourth-order valence-electron chi connectivity index (χ4n) is 3.06. The lowest BCUT2D eigenvalue weighted by atomic mass is 10.1. The first-order valence-electron chi connectivity index (χ1n) is 7.82. The Bertz CT molecular complexity index is 509. The van der Waals surface area contributed by atoms with Crippen LogP contribution in [0.2, 0.25) is 0 Å². The van der Waals surface area contributed by atoms with Crippen LogP contribution in [0.4, 0.5) is 5.69 Å². The minimum Gasteiger partial charge on any atom is -0.366 e. The molecule has 1 aromatic rings. The summed E-state index contributed by atoms with van der Waals surface area (Å²) in [6.07, 6.45) is 2.27. The van der Waals surface area contributed by atoms with Gasteiger partial charge in [0.2, 0.25) is 0 Å². The molecule has 1 aliphatic rings. The normalized spacial score (nSPS) is 20.1. The van der Waals surface area contributed by atoms with Gasteiger partial charge in [-0.25, -0.2) is 0 Å². The van der Waals surface area contributed by atoms with Crippen molar-refractivity contribution in [1.29, 1.82) is 5.26 Å². The second-order valence-electron chi connectivity index (χ2n) is 5.57. The lowest BCUT2D eigenvalue weighted by molar-refractivity contribution is 0.328. The molecule has 0 saturated carbocycles. The molecule has 1 fully saturated rings. The molecule has 4 heteroatoms. The summed E-state index contributed by atoms with van der Waals surface area (Å²) in [6, 6.07) is 9.22. The molecule has 3 nitrogen and oxygen atoms in total. The number of thioether (sulfide) groups is 1. The Morgan fingerprint density at radius 2 is 2.14 bits per heavy atom. The molecule has 21 heavy (non-hydrogen) atoms. The highest BCUT2D eigenvalue weighted by molar-refractivity contribution is 7.99. The molecule has 0 amide bonds. The molecular formula is C17H25N3S. The van der Waals surface area contributed by atoms with E-state index in [4.69, 9.17) is 0 Å². The van der Waals surface area contributed by atoms with Crippen LogP contribution in [0.1, 0.15) is 32.3 Å². The molecule has 0 aromatic heterocycles. The van der Waals surface area contributed by atoms with Gasteiger partial charge >= 0.3 is 0 Å². The smallest absolute Gasteiger partial charge is 0.103 e. The minimum atomic E-state index is 0.492. The molecule has 1 heterocycles. The second kappa shape index (κ2) is 7.72. The average molecular weight is 303 g/mol. The molecule has 114 valence electrons. The topological polar surface area (TPSA) is 30.3 Å². The van der Waals surface area contributed by atoms with Crippen molar-refractivity contribution in [3.8, 4) is 6.07 Å². The van der Waals surface area contributed by atoms with Gasteiger partial charge in [0, 0.05) is 24.0 Å². The Labute approximate surface area is 132 Å². The van der Waals surface area contributed by atoms with Crippen LogP contribution >= 0.6 is 11.8 Å². The quantitative estimate of drug-likeness (QED) is 0.795. The first-order chi connectivity index (χ1) is 10.2. The van der Waals surface area contributed by atoms with Crippen molar-refractivity contribution in [1.82, 2.24) is 4.90 Å². The standard InChI is InChI=1S/C17H25N3S/c1-4-14-13-19(3)10-7-11-20(14)16-8-6-9-17(21-5-2)15(16)12-18/h6,8-9,14H,4-5,7,10-11,13H2,1-3H3. The maximum absolute atomic E-state index is 9.64. The van der Waals surface area contributed by atoms with Gasteiger partial charge in [0.25, 0.3) is 0 Å². The molecule has 0 spiro atoms. The number of benzene rings is 1. The van der Waals surface area contributed by atoms with Gasteiger partial charge in [-0.05, 0) is 44.3 Å². The van der Waals surface area contributed by atoms with Crippen molar-refractivity contribution < 1.29 is 0 Å². The summed E-state index contributed by atoms with van der Waals surface area (Å²) < 4.78 is 0. The van der Waals surface area contributed by atoms with Crippen molar-refractivity contribution in [3.63, 3.8) is 0 Å². The van der Waals surface area contributed by atoms with Gasteiger partial charge in [-0.2, -0.15) is 5.26 Å². The summed E-state index contributed by atoms with van der Waals surface area (Å²) in [7, 11) is 2.20. The van der Waals surface area contributed by atoms with Gasteiger partial charge in [0.1, 0.15) is 6.07 Å². The van der Waals surface area contributed by atoms with E-state index in [0.29, 0.717) is 6.04 Å². The molecule has 1 unspecified atom stereocenters. The van der Waals surface area contributed by atoms with E-state index >= 15 is 0 Å². The molecule has 1 atom stereocenters. The second-order valence-corrected chi connectivity index (χ2v) is 6.87. The van der Waals surface area contributed by atoms with Crippen LogP contribution in [0.3, 0.4) is 0 Å². The average Bonchev–Trinajstić information content (AvgIpc) is 2.68. The van der Waals surface area contributed by atoms with E-state index in [0.717, 1.165) is 54.4 Å². The minimum absolute atomic E-state index is 0.492. The Hall–Kier alpha value is -1.18. The zero-order chi connectivity index (χ0) is 15.2. The highest BCUT2D eigenvalue weighted by Gasteiger charge is 2.24. The summed E-state index contributed by atoms with van der Waals surface area (Å²) in [5.41, 5.74) is 1.98. The molecule has 0 bridgehead atoms. The van der Waals surface area contributed by atoms with Gasteiger partial charge in [0.15, 0.2) is 0 Å². The summed E-state index contributed by atoms with van der Waals surface area (Å²) in [6.45, 7) is 7.63. The largest absolute Gasteiger partial charge is 0.366 e. The Kier molecular flexibility index (Phi) is 5.96. The van der Waals surface area contributed by atoms with Crippen LogP contribution in [0.25, 0.3) is 0 Å². The van der Waals surface area contributed by atoms with E-state index in [9.17, 15) is 5.26 Å². The molecule has 1 aliphatic heterocycles. The molecular weight excluding hydrogens is 278 g/mol. The van der Waals surface area contributed by atoms with Crippen LogP contribution in [0.15, 0.2) is 23.1 Å². The van der Waals surface area contributed by atoms with Crippen LogP contribution in [0, 0.1) is 11.3 Å². The van der Waals surface area contributed by atoms with E-state index in [1.54, 1.807) is 11.8 Å². The predicted molar refractivity (Wildman–Crippen MR) is 91.1 cm³/mol. The Morgan fingerprint density at radius 3 is 2.81 bits per heavy atom. The number of hydrogen-bond acceptors (Lipinski definition) is 4. The predicted octanol–water partition coefficient (Wildman–Crippen LogP) is 3.59. The van der Waals surface area contributed by atoms with Crippen LogP contribution < -0.4 is 4.90 Å². The fraction of sp³-hybridized carbons (Fsp3) is 0.588. The first kappa shape index (κ1) is 16.2. The summed E-state index contributed by atoms with van der Waals surface area (Å²) >= 11 is 1.76. The van der Waals surface area contributed by atoms with Gasteiger partial charge in [0.05, 0.1) is 11.3 Å². The molecule has 1 aromatic carbocycles. The number of nitriles is 1. The number of anilines is 1. The third kappa shape index (κ3) is 3.72. The number of hydrogen-bond donors (Lipinski definition) is 0. The van der Waals surface area contributed by atoms with Gasteiger partial charge in [-0.1, -0.05) is 19.9 Å². The van der Waals surface area contributed by atoms with E-state index in [1.807, 2.05) is 0 Å². The van der Waals surface area contributed by atoms with Crippen LogP contribution in [0.5, 0.6) is 0 Å². The third-order valence-corrected chi connectivity index (χ3v) is 5.04. The monoisotopic (exact) mass is 303 g/mol. The molecule has 0 aliphatic carbocycles. The van der Waals surface area contributed by atoms with E-state index < -0.39 is 0 Å². The number of rotatable bonds is 4. The highest BCUT2D eigenvalue weighted by atomic mass is 32.2. The number of nitrogens with zero attached hydrogens (tertiary/aromatic N) is 3. The molecule has 2 rings (SSSR count). The summed E-state index contributed by atoms with van der Waals surface area (Å²) in [5, 5.41) is 9.64. The SMILES string of the molecule is CCSc1cccc(N2CCCN(C)CC2CC)c1C#N. The van der Waals surface area contributed by atoms with Crippen molar-refractivity contribution in [2.75, 3.05) is 37.3 Å². The summed E-state index contributed by atoms with van der Waals surface area (Å²) in [5.74, 6) is 0.998. The van der Waals surface area contributed by atoms with E-state index in [1.165, 1.54) is 0 Å². The lowest BCUT2D eigenvalue weighted by Gasteiger charge is -2.33. The fourth-order valence-corrected chi connectivity index (χ4v) is 3.84. The molecule has 0 radical (unpaired) electrons. The van der Waals surface area contributed by atoms with Crippen LogP contribution in [-0.2, 0) is 0 Å². The Morgan fingerprint density at radius 1 is 1.33 bits per heavy atom. The van der Waals surface area contributed by atoms with Crippen molar-refractivity contribution in [2.24, 2.45) is 0 Å². The molecule has 1 saturated heterocycles. The third-order valence-electron chi connectivity index (χ3n) is 4.10. The van der Waals surface area contributed by atoms with Gasteiger partial charge in [-0.15, -0.1) is 11.8 Å². The lowest BCUT2D eigenvalue weighted by Crippen LogP contribution is -2.40. The maximum Gasteiger partial charge on any atom is 0.103 e. The van der Waals surface area contributed by atoms with E-state index in [-0.39, 0.29) is 0 Å². The van der Waals surface area contributed by atoms with Gasteiger partial charge < -0.3 is 9.80 Å². The number of likely N-dealkylation sites (N-methyl/N-ethyl adjacent to an activating group) is 1. The summed E-state index contributed by atoms with van der Waals surface area (Å²) in [4.78, 5) is 5.98. The van der Waals surface area contributed by atoms with Crippen molar-refractivity contribution in [3.05, 3.63) is 23.8 Å². The molecule has 0 N–H and O–H groups in total. The van der Waals surface area contributed by atoms with Crippen LogP contribution in [-0.4, -0.2) is 43.4 Å².